The maximum absolute atomic E-state index is 10.4. The number of hydrogen-bond acceptors (Lipinski definition) is 3. The summed E-state index contributed by atoms with van der Waals surface area (Å²) < 4.78 is 1.55. The molecule has 0 saturated carbocycles. The van der Waals surface area contributed by atoms with E-state index in [1.807, 2.05) is 18.2 Å². The van der Waals surface area contributed by atoms with Crippen molar-refractivity contribution in [1.29, 1.82) is 0 Å². The molecule has 0 aliphatic carbocycles. The van der Waals surface area contributed by atoms with E-state index in [1.165, 1.54) is 27.8 Å². The molecule has 2 N–H and O–H groups in total. The minimum Gasteiger partial charge on any atom is -0.508 e. The molecule has 0 atom stereocenters. The van der Waals surface area contributed by atoms with Crippen LogP contribution in [-0.2, 0) is 24.8 Å². The second kappa shape index (κ2) is 15.6. The van der Waals surface area contributed by atoms with E-state index < -0.39 is 0 Å². The predicted molar refractivity (Wildman–Crippen MR) is 196 cm³/mol. The van der Waals surface area contributed by atoms with E-state index in [9.17, 15) is 10.2 Å². The van der Waals surface area contributed by atoms with Crippen LogP contribution in [0.2, 0.25) is 0 Å². The van der Waals surface area contributed by atoms with Gasteiger partial charge in [0.05, 0.1) is 11.0 Å². The zero-order valence-electron chi connectivity index (χ0n) is 26.6. The van der Waals surface area contributed by atoms with Crippen LogP contribution in [-0.4, -0.2) is 16.4 Å². The van der Waals surface area contributed by atoms with Gasteiger partial charge >= 0.3 is 0 Å². The quantitative estimate of drug-likeness (QED) is 0.164. The van der Waals surface area contributed by atoms with Gasteiger partial charge in [-0.1, -0.05) is 133 Å². The summed E-state index contributed by atoms with van der Waals surface area (Å²) in [5.41, 5.74) is 10.4. The third-order valence-corrected chi connectivity index (χ3v) is 8.56. The largest absolute Gasteiger partial charge is 0.508 e. The average molecular weight is 728 g/mol. The van der Waals surface area contributed by atoms with Gasteiger partial charge in [-0.15, -0.1) is 0 Å². The molecular formula is C40H41Br2NO2. The zero-order chi connectivity index (χ0) is 32.6. The molecule has 0 radical (unpaired) electrons. The highest BCUT2D eigenvalue weighted by atomic mass is 79.9. The maximum atomic E-state index is 10.4. The first kappa shape index (κ1) is 34.2. The lowest BCUT2D eigenvalue weighted by Gasteiger charge is -2.18. The predicted octanol–water partition coefficient (Wildman–Crippen LogP) is 11.0. The van der Waals surface area contributed by atoms with Crippen molar-refractivity contribution in [1.82, 2.24) is 0 Å². The minimum absolute atomic E-state index is 0.163. The summed E-state index contributed by atoms with van der Waals surface area (Å²) >= 11 is 6.73. The highest BCUT2D eigenvalue weighted by molar-refractivity contribution is 9.11. The standard InChI is InChI=1S/C22H22O.C18H19Br2NO/c1-16-5-3-7-18(11-16)13-20-9-10-21(22(23)15-20)14-19-8-4-6-17(2)12-19;1-18(2,3)14-6-4-12(5-7-14)10-21-11-13-8-15(19)9-16(20)17(13)22/h3-12,15,23H,13-14H2,1-2H3;4-9,11,22H,10H2,1-3H3. The van der Waals surface area contributed by atoms with Crippen molar-refractivity contribution in [2.45, 2.75) is 59.4 Å². The summed E-state index contributed by atoms with van der Waals surface area (Å²) in [6.45, 7) is 11.4. The van der Waals surface area contributed by atoms with Crippen LogP contribution in [0.4, 0.5) is 0 Å². The summed E-state index contributed by atoms with van der Waals surface area (Å²) in [7, 11) is 0. The summed E-state index contributed by atoms with van der Waals surface area (Å²) in [5, 5.41) is 20.3. The maximum Gasteiger partial charge on any atom is 0.138 e. The summed E-state index contributed by atoms with van der Waals surface area (Å²) in [4.78, 5) is 4.42. The molecule has 232 valence electrons. The molecular weight excluding hydrogens is 686 g/mol. The molecule has 0 bridgehead atoms. The van der Waals surface area contributed by atoms with Gasteiger partial charge in [0.25, 0.3) is 0 Å². The van der Waals surface area contributed by atoms with Crippen molar-refractivity contribution < 1.29 is 10.2 Å². The number of phenols is 2. The topological polar surface area (TPSA) is 52.8 Å². The van der Waals surface area contributed by atoms with Crippen LogP contribution in [0.5, 0.6) is 11.5 Å². The van der Waals surface area contributed by atoms with Gasteiger partial charge in [0.1, 0.15) is 11.5 Å². The molecule has 0 amide bonds. The third kappa shape index (κ3) is 10.4. The van der Waals surface area contributed by atoms with E-state index in [4.69, 9.17) is 0 Å². The molecule has 5 rings (SSSR count). The van der Waals surface area contributed by atoms with Gasteiger partial charge in [0, 0.05) is 22.7 Å². The minimum atomic E-state index is 0.163. The Balaban J connectivity index is 0.000000205. The number of phenolic OH excluding ortho intramolecular Hbond substituents is 2. The van der Waals surface area contributed by atoms with E-state index in [0.717, 1.165) is 34.0 Å². The Hall–Kier alpha value is -3.67. The van der Waals surface area contributed by atoms with Crippen LogP contribution in [0, 0.1) is 13.8 Å². The molecule has 0 fully saturated rings. The van der Waals surface area contributed by atoms with Gasteiger partial charge in [-0.25, -0.2) is 0 Å². The molecule has 45 heavy (non-hydrogen) atoms. The van der Waals surface area contributed by atoms with Crippen LogP contribution in [0.3, 0.4) is 0 Å². The monoisotopic (exact) mass is 725 g/mol. The highest BCUT2D eigenvalue weighted by Gasteiger charge is 2.12. The smallest absolute Gasteiger partial charge is 0.138 e. The number of benzene rings is 5. The molecule has 0 aliphatic heterocycles. The number of rotatable bonds is 7. The molecule has 5 aromatic carbocycles. The van der Waals surface area contributed by atoms with Crippen LogP contribution < -0.4 is 0 Å². The Morgan fingerprint density at radius 2 is 1.24 bits per heavy atom. The molecule has 0 heterocycles. The molecule has 0 spiro atoms. The Kier molecular flexibility index (Phi) is 11.8. The zero-order valence-corrected chi connectivity index (χ0v) is 29.8. The Bertz CT molecular complexity index is 1770. The van der Waals surface area contributed by atoms with Gasteiger partial charge in [0.15, 0.2) is 0 Å². The van der Waals surface area contributed by atoms with Crippen molar-refractivity contribution in [3.05, 3.63) is 162 Å². The Morgan fingerprint density at radius 1 is 0.667 bits per heavy atom. The third-order valence-electron chi connectivity index (χ3n) is 7.50. The van der Waals surface area contributed by atoms with Crippen molar-refractivity contribution >= 4 is 38.1 Å². The summed E-state index contributed by atoms with van der Waals surface area (Å²) in [6.07, 6.45) is 3.31. The first-order valence-corrected chi connectivity index (χ1v) is 16.6. The SMILES string of the molecule is CC(C)(C)c1ccc(CN=Cc2cc(Br)cc(Br)c2O)cc1.Cc1cccc(Cc2ccc(Cc3cccc(C)c3)c(O)c2)c1. The first-order valence-electron chi connectivity index (χ1n) is 15.1. The van der Waals surface area contributed by atoms with E-state index in [-0.39, 0.29) is 11.2 Å². The van der Waals surface area contributed by atoms with Crippen LogP contribution in [0.15, 0.2) is 117 Å². The second-order valence-corrected chi connectivity index (χ2v) is 14.3. The van der Waals surface area contributed by atoms with Gasteiger partial charge in [-0.05, 0) is 93.2 Å². The number of hydrogen-bond donors (Lipinski definition) is 2. The van der Waals surface area contributed by atoms with Crippen LogP contribution in [0.1, 0.15) is 70.8 Å². The second-order valence-electron chi connectivity index (χ2n) is 12.5. The number of nitrogens with zero attached hydrogens (tertiary/aromatic N) is 1. The number of aryl methyl sites for hydroxylation is 2. The molecule has 0 saturated heterocycles. The highest BCUT2D eigenvalue weighted by Crippen LogP contribution is 2.31. The average Bonchev–Trinajstić information content (AvgIpc) is 2.97. The lowest BCUT2D eigenvalue weighted by Crippen LogP contribution is -2.10. The molecule has 0 unspecified atom stereocenters. The molecule has 3 nitrogen and oxygen atoms in total. The van der Waals surface area contributed by atoms with Gasteiger partial charge < -0.3 is 10.2 Å². The van der Waals surface area contributed by atoms with Gasteiger partial charge in [-0.2, -0.15) is 0 Å². The summed E-state index contributed by atoms with van der Waals surface area (Å²) in [5.74, 6) is 0.590. The van der Waals surface area contributed by atoms with Gasteiger partial charge in [-0.3, -0.25) is 4.99 Å². The molecule has 5 aromatic rings. The number of halogens is 2. The molecule has 5 heteroatoms. The van der Waals surface area contributed by atoms with Crippen molar-refractivity contribution in [2.75, 3.05) is 0 Å². The fourth-order valence-corrected chi connectivity index (χ4v) is 6.27. The van der Waals surface area contributed by atoms with E-state index in [0.29, 0.717) is 22.3 Å². The van der Waals surface area contributed by atoms with Crippen LogP contribution >= 0.6 is 31.9 Å². The van der Waals surface area contributed by atoms with Crippen molar-refractivity contribution in [3.63, 3.8) is 0 Å². The molecule has 0 aromatic heterocycles. The van der Waals surface area contributed by atoms with E-state index >= 15 is 0 Å². The normalized spacial score (nSPS) is 11.4. The lowest BCUT2D eigenvalue weighted by molar-refractivity contribution is 0.468. The Morgan fingerprint density at radius 3 is 1.82 bits per heavy atom. The van der Waals surface area contributed by atoms with Crippen molar-refractivity contribution in [3.8, 4) is 11.5 Å². The first-order chi connectivity index (χ1) is 21.4. The van der Waals surface area contributed by atoms with E-state index in [1.54, 1.807) is 12.3 Å². The van der Waals surface area contributed by atoms with Crippen molar-refractivity contribution in [2.24, 2.45) is 4.99 Å². The fraction of sp³-hybridized carbons (Fsp3) is 0.225. The van der Waals surface area contributed by atoms with Crippen LogP contribution in [0.25, 0.3) is 0 Å². The molecule has 0 aliphatic rings. The Labute approximate surface area is 285 Å². The number of aromatic hydroxyl groups is 2. The van der Waals surface area contributed by atoms with E-state index in [2.05, 4.69) is 150 Å². The van der Waals surface area contributed by atoms with Gasteiger partial charge in [0.2, 0.25) is 0 Å². The lowest BCUT2D eigenvalue weighted by atomic mass is 9.87. The fourth-order valence-electron chi connectivity index (χ4n) is 5.01. The number of aliphatic imine (C=N–C) groups is 1. The summed E-state index contributed by atoms with van der Waals surface area (Å²) in [6, 6.07) is 35.1.